The van der Waals surface area contributed by atoms with E-state index < -0.39 is 0 Å². The summed E-state index contributed by atoms with van der Waals surface area (Å²) in [5.41, 5.74) is 7.37. The molecule has 3 rings (SSSR count). The van der Waals surface area contributed by atoms with E-state index in [9.17, 15) is 0 Å². The first-order valence-electron chi connectivity index (χ1n) is 9.02. The van der Waals surface area contributed by atoms with E-state index in [1.807, 2.05) is 19.2 Å². The van der Waals surface area contributed by atoms with Crippen LogP contribution in [0.4, 0.5) is 0 Å². The SMILES string of the molecule is C/N=C/C=C(\C=C(/C)c1c(C)ccc2c1oc1nc(C)ccc12)C(C)C. The number of fused-ring (bicyclic) bond motifs is 3. The minimum atomic E-state index is 0.419. The third-order valence-electron chi connectivity index (χ3n) is 4.71. The molecular weight excluding hydrogens is 320 g/mol. The summed E-state index contributed by atoms with van der Waals surface area (Å²) in [4.78, 5) is 8.64. The zero-order chi connectivity index (χ0) is 18.8. The fourth-order valence-corrected chi connectivity index (χ4v) is 3.29. The molecule has 0 spiro atoms. The highest BCUT2D eigenvalue weighted by atomic mass is 16.3. The lowest BCUT2D eigenvalue weighted by Crippen LogP contribution is -1.94. The smallest absolute Gasteiger partial charge is 0.227 e. The Balaban J connectivity index is 2.24. The zero-order valence-corrected chi connectivity index (χ0v) is 16.4. The highest BCUT2D eigenvalue weighted by Gasteiger charge is 2.15. The second-order valence-electron chi connectivity index (χ2n) is 7.10. The third kappa shape index (κ3) is 3.34. The highest BCUT2D eigenvalue weighted by molar-refractivity contribution is 6.07. The van der Waals surface area contributed by atoms with Crippen molar-refractivity contribution in [3.05, 3.63) is 58.8 Å². The zero-order valence-electron chi connectivity index (χ0n) is 16.4. The number of rotatable bonds is 4. The predicted octanol–water partition coefficient (Wildman–Crippen LogP) is 6.28. The van der Waals surface area contributed by atoms with Gasteiger partial charge in [-0.1, -0.05) is 32.1 Å². The van der Waals surface area contributed by atoms with E-state index in [-0.39, 0.29) is 0 Å². The molecule has 0 bridgehead atoms. The highest BCUT2D eigenvalue weighted by Crippen LogP contribution is 2.35. The van der Waals surface area contributed by atoms with Crippen LogP contribution >= 0.6 is 0 Å². The van der Waals surface area contributed by atoms with Crippen molar-refractivity contribution in [2.75, 3.05) is 7.05 Å². The summed E-state index contributed by atoms with van der Waals surface area (Å²) in [6.45, 7) is 10.6. The van der Waals surface area contributed by atoms with Crippen molar-refractivity contribution in [2.45, 2.75) is 34.6 Å². The van der Waals surface area contributed by atoms with Gasteiger partial charge in [0.2, 0.25) is 5.71 Å². The van der Waals surface area contributed by atoms with E-state index in [0.717, 1.165) is 27.6 Å². The number of benzene rings is 1. The average molecular weight is 346 g/mol. The van der Waals surface area contributed by atoms with Gasteiger partial charge in [0.15, 0.2) is 0 Å². The van der Waals surface area contributed by atoms with Crippen LogP contribution < -0.4 is 0 Å². The Bertz CT molecular complexity index is 1050. The number of hydrogen-bond donors (Lipinski definition) is 0. The summed E-state index contributed by atoms with van der Waals surface area (Å²) in [7, 11) is 1.79. The number of hydrogen-bond acceptors (Lipinski definition) is 3. The van der Waals surface area contributed by atoms with Crippen LogP contribution in [0.1, 0.15) is 37.6 Å². The van der Waals surface area contributed by atoms with Gasteiger partial charge in [-0.3, -0.25) is 4.99 Å². The molecule has 0 fully saturated rings. The number of pyridine rings is 1. The van der Waals surface area contributed by atoms with E-state index in [2.05, 4.69) is 68.0 Å². The van der Waals surface area contributed by atoms with Crippen LogP contribution in [0, 0.1) is 19.8 Å². The molecule has 0 N–H and O–H groups in total. The van der Waals surface area contributed by atoms with Crippen molar-refractivity contribution in [1.29, 1.82) is 0 Å². The van der Waals surface area contributed by atoms with Crippen molar-refractivity contribution < 1.29 is 4.42 Å². The summed E-state index contributed by atoms with van der Waals surface area (Å²) in [5, 5.41) is 2.18. The van der Waals surface area contributed by atoms with Gasteiger partial charge in [0.25, 0.3) is 0 Å². The molecule has 2 heterocycles. The van der Waals surface area contributed by atoms with Crippen LogP contribution in [0.15, 0.2) is 51.4 Å². The topological polar surface area (TPSA) is 38.4 Å². The first-order chi connectivity index (χ1) is 12.4. The Morgan fingerprint density at radius 2 is 1.85 bits per heavy atom. The largest absolute Gasteiger partial charge is 0.437 e. The number of aryl methyl sites for hydroxylation is 2. The molecule has 0 saturated carbocycles. The fourth-order valence-electron chi connectivity index (χ4n) is 3.29. The van der Waals surface area contributed by atoms with Gasteiger partial charge in [0.05, 0.1) is 0 Å². The predicted molar refractivity (Wildman–Crippen MR) is 112 cm³/mol. The van der Waals surface area contributed by atoms with Gasteiger partial charge >= 0.3 is 0 Å². The van der Waals surface area contributed by atoms with Crippen molar-refractivity contribution in [3.8, 4) is 0 Å². The van der Waals surface area contributed by atoms with Gasteiger partial charge in [-0.25, -0.2) is 4.98 Å². The van der Waals surface area contributed by atoms with E-state index in [0.29, 0.717) is 11.6 Å². The number of allylic oxidation sites excluding steroid dienone is 4. The van der Waals surface area contributed by atoms with E-state index in [1.165, 1.54) is 16.7 Å². The minimum Gasteiger partial charge on any atom is -0.437 e. The van der Waals surface area contributed by atoms with Crippen LogP contribution in [0.5, 0.6) is 0 Å². The molecule has 0 amide bonds. The molecule has 3 aromatic rings. The lowest BCUT2D eigenvalue weighted by atomic mass is 9.94. The molecule has 134 valence electrons. The number of furan rings is 1. The monoisotopic (exact) mass is 346 g/mol. The van der Waals surface area contributed by atoms with E-state index in [1.54, 1.807) is 7.05 Å². The van der Waals surface area contributed by atoms with Crippen LogP contribution in [0.3, 0.4) is 0 Å². The number of nitrogens with zero attached hydrogens (tertiary/aromatic N) is 2. The fraction of sp³-hybridized carbons (Fsp3) is 0.304. The summed E-state index contributed by atoms with van der Waals surface area (Å²) in [5.74, 6) is 0.419. The Labute approximate surface area is 155 Å². The Hall–Kier alpha value is -2.68. The van der Waals surface area contributed by atoms with Gasteiger partial charge < -0.3 is 4.42 Å². The van der Waals surface area contributed by atoms with Gasteiger partial charge in [-0.2, -0.15) is 0 Å². The van der Waals surface area contributed by atoms with Gasteiger partial charge in [-0.05, 0) is 61.6 Å². The summed E-state index contributed by atoms with van der Waals surface area (Å²) in [6, 6.07) is 8.42. The second-order valence-corrected chi connectivity index (χ2v) is 7.10. The first-order valence-corrected chi connectivity index (χ1v) is 9.02. The van der Waals surface area contributed by atoms with E-state index >= 15 is 0 Å². The molecule has 0 aliphatic rings. The lowest BCUT2D eigenvalue weighted by Gasteiger charge is -2.11. The van der Waals surface area contributed by atoms with Crippen molar-refractivity contribution in [1.82, 2.24) is 4.98 Å². The maximum atomic E-state index is 6.19. The standard InChI is InChI=1S/C23H26N2O/c1-14(2)18(11-12-24-6)13-16(4)21-15(3)7-9-19-20-10-8-17(5)25-23(20)26-22(19)21/h7-14H,1-6H3/b16-13+,18-11+,24-12+. The van der Waals surface area contributed by atoms with Gasteiger partial charge in [0, 0.05) is 35.3 Å². The van der Waals surface area contributed by atoms with Crippen molar-refractivity contribution in [2.24, 2.45) is 10.9 Å². The summed E-state index contributed by atoms with van der Waals surface area (Å²) >= 11 is 0. The molecule has 26 heavy (non-hydrogen) atoms. The van der Waals surface area contributed by atoms with Crippen LogP contribution in [-0.4, -0.2) is 18.2 Å². The Kier molecular flexibility index (Phi) is 5.08. The second kappa shape index (κ2) is 7.28. The molecule has 0 aliphatic heterocycles. The summed E-state index contributed by atoms with van der Waals surface area (Å²) in [6.07, 6.45) is 6.16. The third-order valence-corrected chi connectivity index (χ3v) is 4.71. The summed E-state index contributed by atoms with van der Waals surface area (Å²) < 4.78 is 6.19. The quantitative estimate of drug-likeness (QED) is 0.411. The van der Waals surface area contributed by atoms with Crippen LogP contribution in [0.2, 0.25) is 0 Å². The number of aromatic nitrogens is 1. The molecule has 2 aromatic heterocycles. The molecule has 3 heteroatoms. The molecule has 0 atom stereocenters. The van der Waals surface area contributed by atoms with Gasteiger partial charge in [-0.15, -0.1) is 0 Å². The molecule has 0 radical (unpaired) electrons. The van der Waals surface area contributed by atoms with Crippen molar-refractivity contribution >= 4 is 33.9 Å². The van der Waals surface area contributed by atoms with Crippen LogP contribution in [-0.2, 0) is 0 Å². The molecule has 0 saturated heterocycles. The lowest BCUT2D eigenvalue weighted by molar-refractivity contribution is 0.651. The minimum absolute atomic E-state index is 0.419. The first kappa shape index (κ1) is 18.1. The average Bonchev–Trinajstić information content (AvgIpc) is 2.94. The van der Waals surface area contributed by atoms with E-state index in [4.69, 9.17) is 4.42 Å². The van der Waals surface area contributed by atoms with Crippen LogP contribution in [0.25, 0.3) is 27.6 Å². The van der Waals surface area contributed by atoms with Gasteiger partial charge in [0.1, 0.15) is 5.58 Å². The molecule has 1 aromatic carbocycles. The molecule has 3 nitrogen and oxygen atoms in total. The maximum Gasteiger partial charge on any atom is 0.227 e. The normalized spacial score (nSPS) is 13.7. The Morgan fingerprint density at radius 1 is 1.12 bits per heavy atom. The molecular formula is C23H26N2O. The Morgan fingerprint density at radius 3 is 2.54 bits per heavy atom. The number of aliphatic imine (C=N–C) groups is 1. The molecule has 0 unspecified atom stereocenters. The van der Waals surface area contributed by atoms with Crippen molar-refractivity contribution in [3.63, 3.8) is 0 Å². The molecule has 0 aliphatic carbocycles. The maximum absolute atomic E-state index is 6.19.